The predicted molar refractivity (Wildman–Crippen MR) is 152 cm³/mol. The summed E-state index contributed by atoms with van der Waals surface area (Å²) in [6.07, 6.45) is 3.65. The molecule has 0 saturated carbocycles. The van der Waals surface area contributed by atoms with E-state index in [2.05, 4.69) is 36.2 Å². The molecule has 1 aromatic heterocycles. The number of carbonyl (C=O) groups is 1. The molecule has 0 saturated heterocycles. The van der Waals surface area contributed by atoms with Crippen LogP contribution >= 0.6 is 0 Å². The molecule has 3 aromatic carbocycles. The molecular weight excluding hydrogens is 474 g/mol. The SMILES string of the molecule is CCc1ccccc1.Cc1nc(CCOc2ccc3c(c2)CCC3C(C)C(=O)O)c(C)o1.c1ccccc1. The van der Waals surface area contributed by atoms with Gasteiger partial charge >= 0.3 is 5.97 Å². The lowest BCUT2D eigenvalue weighted by Crippen LogP contribution is -2.17. The van der Waals surface area contributed by atoms with Crippen LogP contribution in [0.3, 0.4) is 0 Å². The maximum Gasteiger partial charge on any atom is 0.306 e. The van der Waals surface area contributed by atoms with E-state index in [4.69, 9.17) is 9.15 Å². The average Bonchev–Trinajstić information content (AvgIpc) is 3.51. The van der Waals surface area contributed by atoms with E-state index in [1.807, 2.05) is 74.5 Å². The maximum atomic E-state index is 11.2. The quantitative estimate of drug-likeness (QED) is 0.275. The lowest BCUT2D eigenvalue weighted by Gasteiger charge is -2.16. The third kappa shape index (κ3) is 8.62. The van der Waals surface area contributed by atoms with Crippen LogP contribution in [0.4, 0.5) is 0 Å². The van der Waals surface area contributed by atoms with Gasteiger partial charge in [-0.2, -0.15) is 0 Å². The molecule has 5 heteroatoms. The summed E-state index contributed by atoms with van der Waals surface area (Å²) in [6, 6.07) is 28.5. The van der Waals surface area contributed by atoms with Crippen molar-refractivity contribution in [1.29, 1.82) is 0 Å². The zero-order valence-electron chi connectivity index (χ0n) is 22.9. The van der Waals surface area contributed by atoms with E-state index >= 15 is 0 Å². The molecule has 2 unspecified atom stereocenters. The number of fused-ring (bicyclic) bond motifs is 1. The number of hydrogen-bond acceptors (Lipinski definition) is 4. The molecular formula is C33H39NO4. The second kappa shape index (κ2) is 14.8. The summed E-state index contributed by atoms with van der Waals surface area (Å²) in [5.74, 6) is 1.37. The van der Waals surface area contributed by atoms with Crippen molar-refractivity contribution in [3.63, 3.8) is 0 Å². The lowest BCUT2D eigenvalue weighted by molar-refractivity contribution is -0.141. The van der Waals surface area contributed by atoms with E-state index in [-0.39, 0.29) is 11.8 Å². The van der Waals surface area contributed by atoms with Crippen LogP contribution in [-0.4, -0.2) is 22.7 Å². The Bertz CT molecular complexity index is 1220. The van der Waals surface area contributed by atoms with Crippen molar-refractivity contribution in [2.24, 2.45) is 5.92 Å². The fourth-order valence-electron chi connectivity index (χ4n) is 4.58. The average molecular weight is 514 g/mol. The predicted octanol–water partition coefficient (Wildman–Crippen LogP) is 7.60. The minimum atomic E-state index is -0.730. The van der Waals surface area contributed by atoms with E-state index in [0.29, 0.717) is 18.9 Å². The van der Waals surface area contributed by atoms with Crippen LogP contribution in [0.2, 0.25) is 0 Å². The molecule has 1 aliphatic carbocycles. The van der Waals surface area contributed by atoms with E-state index in [1.54, 1.807) is 6.92 Å². The zero-order chi connectivity index (χ0) is 27.3. The Kier molecular flexibility index (Phi) is 11.2. The van der Waals surface area contributed by atoms with Gasteiger partial charge in [-0.15, -0.1) is 0 Å². The van der Waals surface area contributed by atoms with Crippen LogP contribution in [0.5, 0.6) is 5.75 Å². The Morgan fingerprint density at radius 1 is 1.03 bits per heavy atom. The standard InChI is InChI=1S/C19H23NO4.C8H10.C6H6/c1-11(19(21)22)16-6-4-14-10-15(5-7-17(14)16)23-9-8-18-12(2)24-13(3)20-18;1-2-8-6-4-3-5-7-8;1-2-4-6-5-3-1/h5,7,10-11,16H,4,6,8-9H2,1-3H3,(H,21,22);3-7H,2H2,1H3;1-6H. The Morgan fingerprint density at radius 2 is 1.66 bits per heavy atom. The molecule has 1 heterocycles. The van der Waals surface area contributed by atoms with Gasteiger partial charge in [0.25, 0.3) is 0 Å². The van der Waals surface area contributed by atoms with Crippen molar-refractivity contribution < 1.29 is 19.1 Å². The highest BCUT2D eigenvalue weighted by molar-refractivity contribution is 5.71. The fraction of sp³-hybridized carbons (Fsp3) is 0.333. The van der Waals surface area contributed by atoms with Crippen LogP contribution in [0.1, 0.15) is 60.2 Å². The number of aryl methyl sites for hydroxylation is 4. The summed E-state index contributed by atoms with van der Waals surface area (Å²) in [7, 11) is 0. The van der Waals surface area contributed by atoms with Crippen LogP contribution in [0.25, 0.3) is 0 Å². The second-order valence-electron chi connectivity index (χ2n) is 9.46. The van der Waals surface area contributed by atoms with Crippen LogP contribution < -0.4 is 4.74 Å². The van der Waals surface area contributed by atoms with Gasteiger partial charge in [0.05, 0.1) is 18.2 Å². The molecule has 4 aromatic rings. The van der Waals surface area contributed by atoms with Gasteiger partial charge in [-0.1, -0.05) is 86.6 Å². The van der Waals surface area contributed by atoms with Gasteiger partial charge in [-0.3, -0.25) is 4.79 Å². The molecule has 1 aliphatic rings. The summed E-state index contributed by atoms with van der Waals surface area (Å²) in [5.41, 5.74) is 4.70. The second-order valence-corrected chi connectivity index (χ2v) is 9.46. The van der Waals surface area contributed by atoms with Gasteiger partial charge in [0, 0.05) is 13.3 Å². The Morgan fingerprint density at radius 3 is 2.18 bits per heavy atom. The van der Waals surface area contributed by atoms with E-state index in [9.17, 15) is 9.90 Å². The monoisotopic (exact) mass is 513 g/mol. The molecule has 5 rings (SSSR count). The first-order valence-corrected chi connectivity index (χ1v) is 13.3. The topological polar surface area (TPSA) is 72.6 Å². The van der Waals surface area contributed by atoms with Crippen molar-refractivity contribution in [3.8, 4) is 5.75 Å². The minimum Gasteiger partial charge on any atom is -0.493 e. The summed E-state index contributed by atoms with van der Waals surface area (Å²) in [6.45, 7) is 8.24. The molecule has 0 bridgehead atoms. The highest BCUT2D eigenvalue weighted by atomic mass is 16.5. The summed E-state index contributed by atoms with van der Waals surface area (Å²) < 4.78 is 11.3. The molecule has 0 spiro atoms. The number of rotatable bonds is 7. The van der Waals surface area contributed by atoms with Crippen LogP contribution in [0.15, 0.2) is 89.3 Å². The van der Waals surface area contributed by atoms with E-state index < -0.39 is 5.97 Å². The molecule has 0 aliphatic heterocycles. The van der Waals surface area contributed by atoms with Gasteiger partial charge in [0.2, 0.25) is 0 Å². The Balaban J connectivity index is 0.000000231. The first-order chi connectivity index (χ1) is 18.4. The summed E-state index contributed by atoms with van der Waals surface area (Å²) >= 11 is 0. The smallest absolute Gasteiger partial charge is 0.306 e. The first-order valence-electron chi connectivity index (χ1n) is 13.3. The van der Waals surface area contributed by atoms with Crippen molar-refractivity contribution in [2.45, 2.75) is 59.3 Å². The van der Waals surface area contributed by atoms with E-state index in [1.165, 1.54) is 11.1 Å². The highest BCUT2D eigenvalue weighted by Gasteiger charge is 2.31. The normalized spacial score (nSPS) is 14.3. The van der Waals surface area contributed by atoms with Crippen molar-refractivity contribution in [2.75, 3.05) is 6.61 Å². The molecule has 1 N–H and O–H groups in total. The number of ether oxygens (including phenoxy) is 1. The molecule has 0 radical (unpaired) electrons. The van der Waals surface area contributed by atoms with Gasteiger partial charge < -0.3 is 14.3 Å². The number of nitrogens with zero attached hydrogens (tertiary/aromatic N) is 1. The number of aromatic nitrogens is 1. The Hall–Kier alpha value is -3.86. The highest BCUT2D eigenvalue weighted by Crippen LogP contribution is 2.39. The number of hydrogen-bond donors (Lipinski definition) is 1. The van der Waals surface area contributed by atoms with Crippen LogP contribution in [-0.2, 0) is 24.1 Å². The minimum absolute atomic E-state index is 0.104. The van der Waals surface area contributed by atoms with E-state index in [0.717, 1.165) is 42.0 Å². The fourth-order valence-corrected chi connectivity index (χ4v) is 4.58. The summed E-state index contributed by atoms with van der Waals surface area (Å²) in [4.78, 5) is 15.6. The molecule has 0 amide bonds. The number of carboxylic acid groups (broad SMARTS) is 1. The molecule has 200 valence electrons. The largest absolute Gasteiger partial charge is 0.493 e. The third-order valence-corrected chi connectivity index (χ3v) is 6.76. The summed E-state index contributed by atoms with van der Waals surface area (Å²) in [5, 5.41) is 9.23. The van der Waals surface area contributed by atoms with Gasteiger partial charge in [-0.05, 0) is 60.9 Å². The maximum absolute atomic E-state index is 11.2. The molecule has 2 atom stereocenters. The number of aliphatic carboxylic acids is 1. The Labute approximate surface area is 226 Å². The van der Waals surface area contributed by atoms with Crippen molar-refractivity contribution in [3.05, 3.63) is 119 Å². The number of oxazole rings is 1. The zero-order valence-corrected chi connectivity index (χ0v) is 22.9. The molecule has 5 nitrogen and oxygen atoms in total. The van der Waals surface area contributed by atoms with Crippen molar-refractivity contribution in [1.82, 2.24) is 4.98 Å². The van der Waals surface area contributed by atoms with Gasteiger partial charge in [0.15, 0.2) is 5.89 Å². The third-order valence-electron chi connectivity index (χ3n) is 6.76. The number of benzene rings is 3. The van der Waals surface area contributed by atoms with Gasteiger partial charge in [-0.25, -0.2) is 4.98 Å². The lowest BCUT2D eigenvalue weighted by atomic mass is 9.89. The number of carboxylic acids is 1. The van der Waals surface area contributed by atoms with Crippen LogP contribution in [0, 0.1) is 19.8 Å². The molecule has 38 heavy (non-hydrogen) atoms. The molecule has 0 fully saturated rings. The van der Waals surface area contributed by atoms with Gasteiger partial charge in [0.1, 0.15) is 11.5 Å². The van der Waals surface area contributed by atoms with Crippen molar-refractivity contribution >= 4 is 5.97 Å². The first kappa shape index (κ1) is 28.7.